The summed E-state index contributed by atoms with van der Waals surface area (Å²) in [7, 11) is 1.81. The van der Waals surface area contributed by atoms with E-state index >= 15 is 0 Å². The van der Waals surface area contributed by atoms with Gasteiger partial charge < -0.3 is 5.11 Å². The van der Waals surface area contributed by atoms with E-state index in [0.717, 1.165) is 34.6 Å². The smallest absolute Gasteiger partial charge is 0.116 e. The molecule has 3 rings (SSSR count). The average molecular weight is 311 g/mol. The van der Waals surface area contributed by atoms with Crippen molar-refractivity contribution in [1.29, 1.82) is 0 Å². The van der Waals surface area contributed by atoms with E-state index < -0.39 is 6.10 Å². The molecule has 3 aromatic rings. The van der Waals surface area contributed by atoms with Crippen molar-refractivity contribution in [2.45, 2.75) is 32.9 Å². The largest absolute Gasteiger partial charge is 0.389 e. The van der Waals surface area contributed by atoms with Crippen LogP contribution >= 0.6 is 0 Å². The van der Waals surface area contributed by atoms with Gasteiger partial charge in [0, 0.05) is 31.8 Å². The number of aryl methyl sites for hydroxylation is 2. The minimum Gasteiger partial charge on any atom is -0.389 e. The summed E-state index contributed by atoms with van der Waals surface area (Å²) in [6.45, 7) is 4.67. The molecule has 0 unspecified atom stereocenters. The maximum atomic E-state index is 10.0. The molecule has 0 aliphatic carbocycles. The topological polar surface area (TPSA) is 68.8 Å². The van der Waals surface area contributed by atoms with Crippen molar-refractivity contribution in [3.05, 3.63) is 53.5 Å². The van der Waals surface area contributed by atoms with Crippen molar-refractivity contribution in [1.82, 2.24) is 24.8 Å². The molecule has 0 spiro atoms. The van der Waals surface area contributed by atoms with E-state index in [9.17, 15) is 5.11 Å². The minimum absolute atomic E-state index is 0.552. The highest BCUT2D eigenvalue weighted by Crippen LogP contribution is 2.29. The Hall–Kier alpha value is -2.47. The van der Waals surface area contributed by atoms with Gasteiger partial charge in [0.05, 0.1) is 18.0 Å². The Labute approximate surface area is 135 Å². The first-order valence-electron chi connectivity index (χ1n) is 7.77. The van der Waals surface area contributed by atoms with Crippen LogP contribution in [0.4, 0.5) is 0 Å². The first kappa shape index (κ1) is 15.4. The van der Waals surface area contributed by atoms with Gasteiger partial charge in [-0.1, -0.05) is 24.3 Å². The van der Waals surface area contributed by atoms with Crippen molar-refractivity contribution in [3.63, 3.8) is 0 Å². The first-order valence-corrected chi connectivity index (χ1v) is 7.77. The van der Waals surface area contributed by atoms with Gasteiger partial charge in [0.1, 0.15) is 5.69 Å². The number of hydrogen-bond donors (Lipinski definition) is 1. The van der Waals surface area contributed by atoms with E-state index in [1.54, 1.807) is 11.7 Å². The number of aromatic nitrogens is 5. The molecule has 0 saturated carbocycles. The lowest BCUT2D eigenvalue weighted by Crippen LogP contribution is -1.98. The van der Waals surface area contributed by atoms with Crippen LogP contribution in [0, 0.1) is 0 Å². The SMILES string of the molecule is CCn1cc(Cc2nn(C)nc2-c2ccccc2[C@H](C)O)cn1. The second-order valence-corrected chi connectivity index (χ2v) is 5.63. The van der Waals surface area contributed by atoms with Gasteiger partial charge in [-0.25, -0.2) is 0 Å². The molecule has 6 heteroatoms. The molecule has 1 atom stereocenters. The molecule has 23 heavy (non-hydrogen) atoms. The molecule has 0 aliphatic heterocycles. The van der Waals surface area contributed by atoms with Gasteiger partial charge in [0.25, 0.3) is 0 Å². The van der Waals surface area contributed by atoms with Gasteiger partial charge in [-0.2, -0.15) is 20.1 Å². The average Bonchev–Trinajstić information content (AvgIpc) is 3.14. The number of rotatable bonds is 5. The van der Waals surface area contributed by atoms with E-state index in [-0.39, 0.29) is 0 Å². The standard InChI is InChI=1S/C17H21N5O/c1-4-22-11-13(10-18-22)9-16-17(20-21(3)19-16)15-8-6-5-7-14(15)12(2)23/h5-8,10-12,23H,4,9H2,1-3H3/t12-/m0/s1. The minimum atomic E-state index is -0.552. The predicted octanol–water partition coefficient (Wildman–Crippen LogP) is 2.34. The Balaban J connectivity index is 2.01. The zero-order valence-corrected chi connectivity index (χ0v) is 13.6. The molecule has 2 heterocycles. The summed E-state index contributed by atoms with van der Waals surface area (Å²) in [6, 6.07) is 7.78. The van der Waals surface area contributed by atoms with Crippen LogP contribution in [0.2, 0.25) is 0 Å². The molecule has 120 valence electrons. The highest BCUT2D eigenvalue weighted by atomic mass is 16.3. The Morgan fingerprint density at radius 1 is 1.22 bits per heavy atom. The third kappa shape index (κ3) is 3.17. The second kappa shape index (κ2) is 6.34. The first-order chi connectivity index (χ1) is 11.1. The molecule has 0 bridgehead atoms. The van der Waals surface area contributed by atoms with E-state index in [1.165, 1.54) is 0 Å². The molecule has 0 fully saturated rings. The lowest BCUT2D eigenvalue weighted by molar-refractivity contribution is 0.200. The second-order valence-electron chi connectivity index (χ2n) is 5.63. The molecule has 1 aromatic carbocycles. The molecule has 2 aromatic heterocycles. The number of aliphatic hydroxyl groups excluding tert-OH is 1. The van der Waals surface area contributed by atoms with Crippen molar-refractivity contribution in [2.24, 2.45) is 7.05 Å². The van der Waals surface area contributed by atoms with E-state index in [4.69, 9.17) is 0 Å². The third-order valence-electron chi connectivity index (χ3n) is 3.83. The number of aliphatic hydroxyl groups is 1. The molecule has 6 nitrogen and oxygen atoms in total. The van der Waals surface area contributed by atoms with Crippen LogP contribution in [-0.2, 0) is 20.0 Å². The molecular formula is C17H21N5O. The molecular weight excluding hydrogens is 290 g/mol. The van der Waals surface area contributed by atoms with E-state index in [1.807, 2.05) is 48.4 Å². The molecule has 0 aliphatic rings. The molecule has 0 radical (unpaired) electrons. The highest BCUT2D eigenvalue weighted by molar-refractivity contribution is 5.66. The fourth-order valence-electron chi connectivity index (χ4n) is 2.72. The van der Waals surface area contributed by atoms with Crippen LogP contribution < -0.4 is 0 Å². The maximum absolute atomic E-state index is 10.0. The summed E-state index contributed by atoms with van der Waals surface area (Å²) in [5.41, 5.74) is 4.58. The fourth-order valence-corrected chi connectivity index (χ4v) is 2.72. The maximum Gasteiger partial charge on any atom is 0.116 e. The normalized spacial score (nSPS) is 12.5. The molecule has 0 amide bonds. The third-order valence-corrected chi connectivity index (χ3v) is 3.83. The zero-order chi connectivity index (χ0) is 16.4. The fraction of sp³-hybridized carbons (Fsp3) is 0.353. The van der Waals surface area contributed by atoms with E-state index in [0.29, 0.717) is 6.42 Å². The van der Waals surface area contributed by atoms with Gasteiger partial charge in [-0.3, -0.25) is 4.68 Å². The number of nitrogens with zero attached hydrogens (tertiary/aromatic N) is 5. The summed E-state index contributed by atoms with van der Waals surface area (Å²) >= 11 is 0. The quantitative estimate of drug-likeness (QED) is 0.785. The van der Waals surface area contributed by atoms with Crippen molar-refractivity contribution < 1.29 is 5.11 Å². The lowest BCUT2D eigenvalue weighted by atomic mass is 9.98. The Bertz CT molecular complexity index is 803. The summed E-state index contributed by atoms with van der Waals surface area (Å²) < 4.78 is 1.90. The lowest BCUT2D eigenvalue weighted by Gasteiger charge is -2.10. The number of hydrogen-bond acceptors (Lipinski definition) is 4. The van der Waals surface area contributed by atoms with Gasteiger partial charge in [-0.15, -0.1) is 0 Å². The van der Waals surface area contributed by atoms with Crippen LogP contribution in [0.3, 0.4) is 0 Å². The van der Waals surface area contributed by atoms with Crippen LogP contribution in [-0.4, -0.2) is 29.9 Å². The van der Waals surface area contributed by atoms with Crippen LogP contribution in [0.15, 0.2) is 36.7 Å². The predicted molar refractivity (Wildman–Crippen MR) is 87.8 cm³/mol. The Morgan fingerprint density at radius 3 is 2.70 bits per heavy atom. The van der Waals surface area contributed by atoms with Gasteiger partial charge >= 0.3 is 0 Å². The van der Waals surface area contributed by atoms with E-state index in [2.05, 4.69) is 22.2 Å². The molecule has 0 saturated heterocycles. The Kier molecular flexibility index (Phi) is 4.25. The highest BCUT2D eigenvalue weighted by Gasteiger charge is 2.18. The van der Waals surface area contributed by atoms with Crippen molar-refractivity contribution in [3.8, 4) is 11.3 Å². The van der Waals surface area contributed by atoms with Crippen LogP contribution in [0.5, 0.6) is 0 Å². The monoisotopic (exact) mass is 311 g/mol. The summed E-state index contributed by atoms with van der Waals surface area (Å²) in [4.78, 5) is 1.58. The Morgan fingerprint density at radius 2 is 2.00 bits per heavy atom. The van der Waals surface area contributed by atoms with Crippen LogP contribution in [0.1, 0.15) is 36.8 Å². The van der Waals surface area contributed by atoms with Gasteiger partial charge in [0.2, 0.25) is 0 Å². The van der Waals surface area contributed by atoms with Gasteiger partial charge in [0.15, 0.2) is 0 Å². The number of benzene rings is 1. The zero-order valence-electron chi connectivity index (χ0n) is 13.6. The summed E-state index contributed by atoms with van der Waals surface area (Å²) in [6.07, 6.45) is 4.00. The van der Waals surface area contributed by atoms with Gasteiger partial charge in [-0.05, 0) is 25.0 Å². The van der Waals surface area contributed by atoms with Crippen molar-refractivity contribution in [2.75, 3.05) is 0 Å². The van der Waals surface area contributed by atoms with Crippen LogP contribution in [0.25, 0.3) is 11.3 Å². The summed E-state index contributed by atoms with van der Waals surface area (Å²) in [5, 5.41) is 23.3. The van der Waals surface area contributed by atoms with Crippen molar-refractivity contribution >= 4 is 0 Å². The molecule has 1 N–H and O–H groups in total. The summed E-state index contributed by atoms with van der Waals surface area (Å²) in [5.74, 6) is 0.